The SMILES string of the molecule is CC1CN(CC(=O)c2cc3ccccc3o2)CCCO1. The maximum atomic E-state index is 12.3. The highest BCUT2D eigenvalue weighted by molar-refractivity contribution is 5.98. The van der Waals surface area contributed by atoms with Crippen LogP contribution in [0, 0.1) is 0 Å². The lowest BCUT2D eigenvalue weighted by molar-refractivity contribution is 0.0652. The first-order valence-electron chi connectivity index (χ1n) is 7.08. The number of para-hydroxylation sites is 1. The van der Waals surface area contributed by atoms with E-state index in [9.17, 15) is 4.79 Å². The Hall–Kier alpha value is -1.65. The second-order valence-corrected chi connectivity index (χ2v) is 5.34. The molecule has 1 aliphatic heterocycles. The van der Waals surface area contributed by atoms with Crippen molar-refractivity contribution in [2.45, 2.75) is 19.4 Å². The van der Waals surface area contributed by atoms with Gasteiger partial charge in [-0.3, -0.25) is 9.69 Å². The lowest BCUT2D eigenvalue weighted by Crippen LogP contribution is -2.34. The molecule has 2 heterocycles. The summed E-state index contributed by atoms with van der Waals surface area (Å²) >= 11 is 0. The van der Waals surface area contributed by atoms with Crippen molar-refractivity contribution in [2.24, 2.45) is 0 Å². The average molecular weight is 273 g/mol. The van der Waals surface area contributed by atoms with Crippen molar-refractivity contribution in [3.05, 3.63) is 36.1 Å². The van der Waals surface area contributed by atoms with E-state index >= 15 is 0 Å². The number of carbonyl (C=O) groups is 1. The minimum absolute atomic E-state index is 0.0373. The molecule has 1 fully saturated rings. The van der Waals surface area contributed by atoms with E-state index in [-0.39, 0.29) is 11.9 Å². The summed E-state index contributed by atoms with van der Waals surface area (Å²) in [5.74, 6) is 0.485. The third-order valence-electron chi connectivity index (χ3n) is 3.60. The first kappa shape index (κ1) is 13.3. The number of rotatable bonds is 3. The summed E-state index contributed by atoms with van der Waals surface area (Å²) in [6, 6.07) is 9.52. The Bertz CT molecular complexity index is 572. The fraction of sp³-hybridized carbons (Fsp3) is 0.438. The third kappa shape index (κ3) is 2.92. The van der Waals surface area contributed by atoms with Gasteiger partial charge in [0.2, 0.25) is 5.78 Å². The number of hydrogen-bond donors (Lipinski definition) is 0. The molecule has 0 bridgehead atoms. The van der Waals surface area contributed by atoms with Crippen LogP contribution in [0.5, 0.6) is 0 Å². The first-order valence-corrected chi connectivity index (χ1v) is 7.08. The molecule has 1 aliphatic rings. The monoisotopic (exact) mass is 273 g/mol. The predicted octanol–water partition coefficient (Wildman–Crippen LogP) is 2.73. The highest BCUT2D eigenvalue weighted by Crippen LogP contribution is 2.19. The van der Waals surface area contributed by atoms with Crippen LogP contribution in [0.15, 0.2) is 34.7 Å². The van der Waals surface area contributed by atoms with Crippen LogP contribution in [-0.2, 0) is 4.74 Å². The van der Waals surface area contributed by atoms with E-state index in [4.69, 9.17) is 9.15 Å². The number of nitrogens with zero attached hydrogens (tertiary/aromatic N) is 1. The summed E-state index contributed by atoms with van der Waals surface area (Å²) in [6.45, 7) is 4.91. The Morgan fingerprint density at radius 2 is 2.25 bits per heavy atom. The van der Waals surface area contributed by atoms with Gasteiger partial charge in [0.05, 0.1) is 12.6 Å². The lowest BCUT2D eigenvalue weighted by Gasteiger charge is -2.20. The van der Waals surface area contributed by atoms with Gasteiger partial charge in [0.1, 0.15) is 5.58 Å². The molecular formula is C16H19NO3. The van der Waals surface area contributed by atoms with Crippen molar-refractivity contribution in [2.75, 3.05) is 26.2 Å². The summed E-state index contributed by atoms with van der Waals surface area (Å²) in [5, 5.41) is 0.975. The molecule has 4 heteroatoms. The third-order valence-corrected chi connectivity index (χ3v) is 3.60. The Labute approximate surface area is 118 Å². The molecule has 0 radical (unpaired) electrons. The van der Waals surface area contributed by atoms with Gasteiger partial charge in [-0.25, -0.2) is 0 Å². The molecule has 0 spiro atoms. The van der Waals surface area contributed by atoms with Gasteiger partial charge < -0.3 is 9.15 Å². The van der Waals surface area contributed by atoms with Crippen molar-refractivity contribution in [1.29, 1.82) is 0 Å². The van der Waals surface area contributed by atoms with Gasteiger partial charge >= 0.3 is 0 Å². The fourth-order valence-corrected chi connectivity index (χ4v) is 2.62. The van der Waals surface area contributed by atoms with Gasteiger partial charge in [0.15, 0.2) is 5.76 Å². The molecule has 1 aromatic carbocycles. The standard InChI is InChI=1S/C16H19NO3/c1-12-10-17(7-4-8-19-12)11-14(18)16-9-13-5-2-3-6-15(13)20-16/h2-3,5-6,9,12H,4,7-8,10-11H2,1H3. The molecule has 0 saturated carbocycles. The lowest BCUT2D eigenvalue weighted by atomic mass is 10.2. The number of ketones is 1. The smallest absolute Gasteiger partial charge is 0.211 e. The number of hydrogen-bond acceptors (Lipinski definition) is 4. The van der Waals surface area contributed by atoms with Gasteiger partial charge in [-0.1, -0.05) is 18.2 Å². The molecule has 1 saturated heterocycles. The highest BCUT2D eigenvalue weighted by atomic mass is 16.5. The number of furan rings is 1. The van der Waals surface area contributed by atoms with Gasteiger partial charge in [0.25, 0.3) is 0 Å². The van der Waals surface area contributed by atoms with Gasteiger partial charge in [-0.15, -0.1) is 0 Å². The number of benzene rings is 1. The van der Waals surface area contributed by atoms with Crippen molar-refractivity contribution in [3.63, 3.8) is 0 Å². The van der Waals surface area contributed by atoms with Crippen molar-refractivity contribution in [3.8, 4) is 0 Å². The van der Waals surface area contributed by atoms with Crippen LogP contribution in [-0.4, -0.2) is 43.0 Å². The van der Waals surface area contributed by atoms with Crippen molar-refractivity contribution >= 4 is 16.8 Å². The molecule has 1 aromatic heterocycles. The van der Waals surface area contributed by atoms with E-state index in [2.05, 4.69) is 4.90 Å². The summed E-state index contributed by atoms with van der Waals surface area (Å²) in [6.07, 6.45) is 1.15. The van der Waals surface area contributed by atoms with E-state index in [1.807, 2.05) is 37.3 Å². The summed E-state index contributed by atoms with van der Waals surface area (Å²) in [7, 11) is 0. The molecular weight excluding hydrogens is 254 g/mol. The fourth-order valence-electron chi connectivity index (χ4n) is 2.62. The van der Waals surface area contributed by atoms with Crippen LogP contribution >= 0.6 is 0 Å². The number of ether oxygens (including phenoxy) is 1. The Balaban J connectivity index is 1.71. The largest absolute Gasteiger partial charge is 0.453 e. The minimum atomic E-state index is 0.0373. The maximum Gasteiger partial charge on any atom is 0.211 e. The van der Waals surface area contributed by atoms with E-state index in [1.165, 1.54) is 0 Å². The van der Waals surface area contributed by atoms with Crippen LogP contribution in [0.4, 0.5) is 0 Å². The summed E-state index contributed by atoms with van der Waals surface area (Å²) in [5.41, 5.74) is 0.767. The summed E-state index contributed by atoms with van der Waals surface area (Å²) < 4.78 is 11.2. The molecule has 106 valence electrons. The van der Waals surface area contributed by atoms with Crippen LogP contribution < -0.4 is 0 Å². The normalized spacial score (nSPS) is 20.9. The Kier molecular flexibility index (Phi) is 3.85. The molecule has 20 heavy (non-hydrogen) atoms. The summed E-state index contributed by atoms with van der Waals surface area (Å²) in [4.78, 5) is 14.5. The molecule has 1 atom stereocenters. The second kappa shape index (κ2) is 5.77. The number of carbonyl (C=O) groups excluding carboxylic acids is 1. The van der Waals surface area contributed by atoms with E-state index in [1.54, 1.807) is 0 Å². The molecule has 0 aliphatic carbocycles. The van der Waals surface area contributed by atoms with Crippen LogP contribution in [0.3, 0.4) is 0 Å². The number of fused-ring (bicyclic) bond motifs is 1. The van der Waals surface area contributed by atoms with Crippen molar-refractivity contribution < 1.29 is 13.9 Å². The zero-order valence-corrected chi connectivity index (χ0v) is 11.7. The van der Waals surface area contributed by atoms with Crippen LogP contribution in [0.2, 0.25) is 0 Å². The van der Waals surface area contributed by atoms with Crippen LogP contribution in [0.25, 0.3) is 11.0 Å². The molecule has 3 rings (SSSR count). The highest BCUT2D eigenvalue weighted by Gasteiger charge is 2.20. The topological polar surface area (TPSA) is 42.7 Å². The molecule has 0 N–H and O–H groups in total. The Morgan fingerprint density at radius 1 is 1.40 bits per heavy atom. The minimum Gasteiger partial charge on any atom is -0.453 e. The number of Topliss-reactive ketones (excluding diaryl/α,β-unsaturated/α-hetero) is 1. The maximum absolute atomic E-state index is 12.3. The van der Waals surface area contributed by atoms with Gasteiger partial charge in [0, 0.05) is 25.1 Å². The Morgan fingerprint density at radius 3 is 3.10 bits per heavy atom. The molecule has 4 nitrogen and oxygen atoms in total. The molecule has 2 aromatic rings. The predicted molar refractivity (Wildman–Crippen MR) is 77.0 cm³/mol. The first-order chi connectivity index (χ1) is 9.72. The molecule has 1 unspecified atom stereocenters. The average Bonchev–Trinajstić information content (AvgIpc) is 2.77. The van der Waals surface area contributed by atoms with E-state index in [0.29, 0.717) is 12.3 Å². The van der Waals surface area contributed by atoms with Gasteiger partial charge in [-0.05, 0) is 25.5 Å². The molecule has 0 amide bonds. The van der Waals surface area contributed by atoms with E-state index < -0.39 is 0 Å². The zero-order chi connectivity index (χ0) is 13.9. The quantitative estimate of drug-likeness (QED) is 0.806. The zero-order valence-electron chi connectivity index (χ0n) is 11.7. The van der Waals surface area contributed by atoms with Crippen molar-refractivity contribution in [1.82, 2.24) is 4.90 Å². The van der Waals surface area contributed by atoms with Gasteiger partial charge in [-0.2, -0.15) is 0 Å². The van der Waals surface area contributed by atoms with Crippen LogP contribution in [0.1, 0.15) is 23.9 Å². The van der Waals surface area contributed by atoms with E-state index in [0.717, 1.165) is 37.1 Å². The second-order valence-electron chi connectivity index (χ2n) is 5.34.